The second-order valence-electron chi connectivity index (χ2n) is 7.93. The van der Waals surface area contributed by atoms with Crippen LogP contribution in [0.3, 0.4) is 0 Å². The summed E-state index contributed by atoms with van der Waals surface area (Å²) < 4.78 is 10.6. The van der Waals surface area contributed by atoms with Crippen LogP contribution in [0.5, 0.6) is 0 Å². The van der Waals surface area contributed by atoms with Crippen LogP contribution in [0, 0.1) is 5.92 Å². The second-order valence-corrected chi connectivity index (χ2v) is 7.93. The van der Waals surface area contributed by atoms with Gasteiger partial charge in [-0.2, -0.15) is 0 Å². The van der Waals surface area contributed by atoms with Gasteiger partial charge in [0, 0.05) is 0 Å². The molecule has 3 aliphatic carbocycles. The van der Waals surface area contributed by atoms with E-state index in [1.54, 1.807) is 13.8 Å². The zero-order valence-electron chi connectivity index (χ0n) is 18.7. The lowest BCUT2D eigenvalue weighted by molar-refractivity contribution is -0.150. The van der Waals surface area contributed by atoms with E-state index in [0.717, 1.165) is 27.9 Å². The quantitative estimate of drug-likeness (QED) is 0.582. The van der Waals surface area contributed by atoms with E-state index in [2.05, 4.69) is 52.0 Å². The summed E-state index contributed by atoms with van der Waals surface area (Å²) in [6, 6.07) is 0. The van der Waals surface area contributed by atoms with Gasteiger partial charge in [0.1, 0.15) is 0 Å². The summed E-state index contributed by atoms with van der Waals surface area (Å²) in [5.74, 6) is -1.50. The van der Waals surface area contributed by atoms with Crippen LogP contribution in [0.25, 0.3) is 0 Å². The topological polar surface area (TPSA) is 52.6 Å². The van der Waals surface area contributed by atoms with E-state index in [9.17, 15) is 9.59 Å². The van der Waals surface area contributed by atoms with Crippen molar-refractivity contribution < 1.29 is 19.1 Å². The van der Waals surface area contributed by atoms with Crippen LogP contribution in [-0.4, -0.2) is 25.2 Å². The summed E-state index contributed by atoms with van der Waals surface area (Å²) in [7, 11) is 0. The molecule has 0 aliphatic heterocycles. The highest BCUT2D eigenvalue weighted by atomic mass is 16.5. The van der Waals surface area contributed by atoms with Gasteiger partial charge in [-0.15, -0.1) is 0 Å². The van der Waals surface area contributed by atoms with E-state index >= 15 is 0 Å². The highest BCUT2D eigenvalue weighted by molar-refractivity contribution is 5.97. The first kappa shape index (κ1) is 21.8. The Hall–Kier alpha value is -2.88. The second kappa shape index (κ2) is 8.86. The number of hydrogen-bond donors (Lipinski definition) is 0. The van der Waals surface area contributed by atoms with Crippen molar-refractivity contribution in [2.75, 3.05) is 13.2 Å². The molecule has 0 aromatic carbocycles. The highest BCUT2D eigenvalue weighted by Gasteiger charge is 2.36. The number of ether oxygens (including phenoxy) is 2. The van der Waals surface area contributed by atoms with Crippen LogP contribution in [0.1, 0.15) is 48.0 Å². The van der Waals surface area contributed by atoms with Gasteiger partial charge >= 0.3 is 11.9 Å². The van der Waals surface area contributed by atoms with Crippen molar-refractivity contribution in [3.8, 4) is 0 Å². The van der Waals surface area contributed by atoms with Gasteiger partial charge in [0.2, 0.25) is 0 Å². The minimum Gasteiger partial charge on any atom is -0.466 e. The van der Waals surface area contributed by atoms with Gasteiger partial charge in [0.05, 0.1) is 24.7 Å². The molecule has 1 atom stereocenters. The largest absolute Gasteiger partial charge is 0.466 e. The van der Waals surface area contributed by atoms with Gasteiger partial charge in [-0.1, -0.05) is 29.9 Å². The van der Waals surface area contributed by atoms with Crippen molar-refractivity contribution in [1.82, 2.24) is 0 Å². The zero-order chi connectivity index (χ0) is 22.0. The molecule has 0 saturated heterocycles. The van der Waals surface area contributed by atoms with Crippen LogP contribution in [0.15, 0.2) is 80.5 Å². The lowest BCUT2D eigenvalue weighted by atomic mass is 9.78. The number of carbonyl (C=O) groups excluding carboxylic acids is 2. The van der Waals surface area contributed by atoms with Crippen molar-refractivity contribution in [2.45, 2.75) is 48.0 Å². The number of esters is 2. The lowest BCUT2D eigenvalue weighted by Crippen LogP contribution is -2.28. The first-order valence-electron chi connectivity index (χ1n) is 10.5. The van der Waals surface area contributed by atoms with E-state index in [1.807, 2.05) is 6.08 Å². The van der Waals surface area contributed by atoms with Gasteiger partial charge < -0.3 is 9.47 Å². The van der Waals surface area contributed by atoms with Crippen molar-refractivity contribution in [2.24, 2.45) is 5.92 Å². The summed E-state index contributed by atoms with van der Waals surface area (Å²) >= 11 is 0. The normalized spacial score (nSPS) is 21.1. The van der Waals surface area contributed by atoms with Gasteiger partial charge in [-0.05, 0) is 93.1 Å². The molecule has 0 fully saturated rings. The van der Waals surface area contributed by atoms with E-state index in [1.165, 1.54) is 16.7 Å². The third-order valence-electron chi connectivity index (χ3n) is 5.65. The average Bonchev–Trinajstić information content (AvgIpc) is 2.90. The molecule has 0 radical (unpaired) electrons. The molecule has 0 amide bonds. The van der Waals surface area contributed by atoms with Crippen LogP contribution >= 0.6 is 0 Å². The van der Waals surface area contributed by atoms with E-state index in [-0.39, 0.29) is 19.2 Å². The van der Waals surface area contributed by atoms with Gasteiger partial charge in [0.15, 0.2) is 0 Å². The maximum atomic E-state index is 12.8. The van der Waals surface area contributed by atoms with Crippen LogP contribution in [0.4, 0.5) is 0 Å². The number of allylic oxidation sites excluding steroid dienone is 13. The summed E-state index contributed by atoms with van der Waals surface area (Å²) in [6.45, 7) is 12.5. The number of hydrogen-bond acceptors (Lipinski definition) is 4. The monoisotopic (exact) mass is 406 g/mol. The molecule has 3 rings (SSSR count). The van der Waals surface area contributed by atoms with E-state index in [0.29, 0.717) is 12.0 Å². The minimum absolute atomic E-state index is 0.257. The van der Waals surface area contributed by atoms with Crippen molar-refractivity contribution >= 4 is 11.9 Å². The van der Waals surface area contributed by atoms with Crippen LogP contribution < -0.4 is 0 Å². The van der Waals surface area contributed by atoms with Crippen LogP contribution in [0.2, 0.25) is 0 Å². The molecule has 30 heavy (non-hydrogen) atoms. The highest BCUT2D eigenvalue weighted by Crippen LogP contribution is 2.44. The maximum Gasteiger partial charge on any atom is 0.334 e. The smallest absolute Gasteiger partial charge is 0.334 e. The molecule has 158 valence electrons. The molecular formula is C26H30O4. The molecule has 0 bridgehead atoms. The maximum absolute atomic E-state index is 12.8. The zero-order valence-corrected chi connectivity index (χ0v) is 18.7. The third-order valence-corrected chi connectivity index (χ3v) is 5.65. The average molecular weight is 407 g/mol. The summed E-state index contributed by atoms with van der Waals surface area (Å²) in [5.41, 5.74) is 9.35. The Kier molecular flexibility index (Phi) is 6.45. The minimum atomic E-state index is -0.658. The predicted molar refractivity (Wildman–Crippen MR) is 119 cm³/mol. The molecule has 0 aromatic rings. The molecule has 3 aliphatic rings. The van der Waals surface area contributed by atoms with Crippen molar-refractivity contribution in [3.05, 3.63) is 80.5 Å². The fourth-order valence-corrected chi connectivity index (χ4v) is 4.48. The number of rotatable bonds is 4. The SMILES string of the molecule is CCOC(=O)C1=CC2=C(C=CC(C)=C3C(C)=CC(C)=CC(C)=C23)CC1C(=O)OCC. The molecule has 0 spiro atoms. The Balaban J connectivity index is 2.23. The molecule has 0 heterocycles. The standard InChI is InChI=1S/C26H30O4/c1-7-29-25(27)21-13-19-10-9-16(4)23-17(5)11-15(3)12-18(6)24(23)20(19)14-22(21)26(28)30-8-2/h9-12,14,21H,7-8,13H2,1-6H3. The van der Waals surface area contributed by atoms with Gasteiger partial charge in [-0.3, -0.25) is 4.79 Å². The predicted octanol–water partition coefficient (Wildman–Crippen LogP) is 5.46. The fraction of sp³-hybridized carbons (Fsp3) is 0.385. The summed E-state index contributed by atoms with van der Waals surface area (Å²) in [6.07, 6.45) is 10.8. The molecule has 0 N–H and O–H groups in total. The number of carbonyl (C=O) groups is 2. The molecule has 4 heteroatoms. The first-order valence-corrected chi connectivity index (χ1v) is 10.5. The first-order chi connectivity index (χ1) is 14.3. The molecule has 0 saturated carbocycles. The van der Waals surface area contributed by atoms with Gasteiger partial charge in [0.25, 0.3) is 0 Å². The lowest BCUT2D eigenvalue weighted by Gasteiger charge is -2.26. The van der Waals surface area contributed by atoms with E-state index < -0.39 is 11.9 Å². The van der Waals surface area contributed by atoms with Crippen molar-refractivity contribution in [3.63, 3.8) is 0 Å². The number of fused-ring (bicyclic) bond motifs is 2. The Bertz CT molecular complexity index is 1010. The van der Waals surface area contributed by atoms with Crippen LogP contribution in [-0.2, 0) is 19.1 Å². The summed E-state index contributed by atoms with van der Waals surface area (Å²) in [4.78, 5) is 25.5. The Morgan fingerprint density at radius 1 is 0.900 bits per heavy atom. The Morgan fingerprint density at radius 2 is 1.60 bits per heavy atom. The third kappa shape index (κ3) is 4.04. The van der Waals surface area contributed by atoms with Crippen molar-refractivity contribution in [1.29, 1.82) is 0 Å². The Labute approximate surface area is 179 Å². The summed E-state index contributed by atoms with van der Waals surface area (Å²) in [5, 5.41) is 0. The molecule has 1 unspecified atom stereocenters. The Morgan fingerprint density at radius 3 is 2.27 bits per heavy atom. The fourth-order valence-electron chi connectivity index (χ4n) is 4.48. The molecular weight excluding hydrogens is 376 g/mol. The van der Waals surface area contributed by atoms with Gasteiger partial charge in [-0.25, -0.2) is 4.79 Å². The van der Waals surface area contributed by atoms with E-state index in [4.69, 9.17) is 9.47 Å². The molecule has 4 nitrogen and oxygen atoms in total. The molecule has 0 aromatic heterocycles.